The van der Waals surface area contributed by atoms with Crippen molar-refractivity contribution in [3.8, 4) is 51.4 Å². The Bertz CT molecular complexity index is 1610. The molecule has 0 amide bonds. The molecular formula is C22H15NO9. The number of nitrogens with one attached hydrogen (secondary N) is 1. The van der Waals surface area contributed by atoms with Gasteiger partial charge < -0.3 is 40.7 Å². The van der Waals surface area contributed by atoms with Crippen LogP contribution in [0, 0.1) is 0 Å². The van der Waals surface area contributed by atoms with Crippen LogP contribution in [0.3, 0.4) is 0 Å². The Morgan fingerprint density at radius 2 is 1.09 bits per heavy atom. The topological polar surface area (TPSA) is 184 Å². The molecule has 0 spiro atoms. The van der Waals surface area contributed by atoms with E-state index in [-0.39, 0.29) is 5.56 Å². The van der Waals surface area contributed by atoms with E-state index in [4.69, 9.17) is 9.15 Å². The number of phenolic OH excluding ortho intramolecular Hbond substituents is 7. The van der Waals surface area contributed by atoms with Crippen molar-refractivity contribution in [1.82, 2.24) is 4.98 Å². The molecule has 0 aliphatic heterocycles. The largest absolute Gasteiger partial charge is 0.504 e. The van der Waals surface area contributed by atoms with Crippen LogP contribution in [0.1, 0.15) is 0 Å². The molecule has 5 rings (SSSR count). The lowest BCUT2D eigenvalue weighted by molar-refractivity contribution is 0.0873. The van der Waals surface area contributed by atoms with E-state index in [2.05, 4.69) is 4.98 Å². The van der Waals surface area contributed by atoms with Crippen LogP contribution in [0.2, 0.25) is 0 Å². The summed E-state index contributed by atoms with van der Waals surface area (Å²) in [5.74, 6) is -6.17. The summed E-state index contributed by atoms with van der Waals surface area (Å²) < 4.78 is 10.0. The zero-order valence-electron chi connectivity index (χ0n) is 16.0. The fourth-order valence-electron chi connectivity index (χ4n) is 3.59. The van der Waals surface area contributed by atoms with Gasteiger partial charge in [0.2, 0.25) is 22.8 Å². The molecule has 0 aliphatic rings. The van der Waals surface area contributed by atoms with Crippen LogP contribution in [0.5, 0.6) is 40.2 Å². The zero-order valence-corrected chi connectivity index (χ0v) is 16.0. The number of benzene rings is 4. The van der Waals surface area contributed by atoms with E-state index in [1.807, 2.05) is 24.3 Å². The van der Waals surface area contributed by atoms with Gasteiger partial charge in [0.05, 0.1) is 5.56 Å². The van der Waals surface area contributed by atoms with Gasteiger partial charge in [0.25, 0.3) is 5.58 Å². The van der Waals surface area contributed by atoms with E-state index < -0.39 is 62.4 Å². The first kappa shape index (κ1) is 19.1. The molecule has 1 heterocycles. The molecule has 8 N–H and O–H groups in total. The summed E-state index contributed by atoms with van der Waals surface area (Å²) in [5.41, 5.74) is -1.87. The van der Waals surface area contributed by atoms with Crippen LogP contribution in [0.25, 0.3) is 44.1 Å². The smallest absolute Gasteiger partial charge is 0.251 e. The van der Waals surface area contributed by atoms with Crippen LogP contribution < -0.4 is 0 Å². The first-order valence-corrected chi connectivity index (χ1v) is 9.21. The summed E-state index contributed by atoms with van der Waals surface area (Å²) in [4.78, 5) is 2.44. The second-order valence-electron chi connectivity index (χ2n) is 7.08. The van der Waals surface area contributed by atoms with Crippen molar-refractivity contribution in [2.75, 3.05) is 0 Å². The molecule has 0 fully saturated rings. The molecule has 0 radical (unpaired) electrons. The average Bonchev–Trinajstić information content (AvgIpc) is 3.01. The van der Waals surface area contributed by atoms with E-state index >= 15 is 0 Å². The van der Waals surface area contributed by atoms with Crippen LogP contribution in [-0.4, -0.2) is 40.7 Å². The highest BCUT2D eigenvalue weighted by atomic mass is 17.0. The van der Waals surface area contributed by atoms with Crippen molar-refractivity contribution in [3.63, 3.8) is 0 Å². The number of hydrogen-bond donors (Lipinski definition) is 8. The average molecular weight is 437 g/mol. The highest BCUT2D eigenvalue weighted by Crippen LogP contribution is 2.51. The summed E-state index contributed by atoms with van der Waals surface area (Å²) in [6, 6.07) is 12.5. The molecule has 0 unspecified atom stereocenters. The summed E-state index contributed by atoms with van der Waals surface area (Å²) >= 11 is 0. The zero-order chi connectivity index (χ0) is 22.7. The molecule has 10 nitrogen and oxygen atoms in total. The van der Waals surface area contributed by atoms with E-state index in [1.54, 1.807) is 18.2 Å². The van der Waals surface area contributed by atoms with Gasteiger partial charge in [-0.05, 0) is 22.4 Å². The third-order valence-corrected chi connectivity index (χ3v) is 5.23. The van der Waals surface area contributed by atoms with Crippen molar-refractivity contribution >= 4 is 33.0 Å². The fourth-order valence-corrected chi connectivity index (χ4v) is 3.59. The fraction of sp³-hybridized carbons (Fsp3) is 0. The minimum atomic E-state index is -1.08. The highest BCUT2D eigenvalue weighted by molar-refractivity contribution is 6.01. The molecule has 0 aliphatic carbocycles. The lowest BCUT2D eigenvalue weighted by atomic mass is 9.98. The Morgan fingerprint density at radius 1 is 0.531 bits per heavy atom. The second-order valence-corrected chi connectivity index (χ2v) is 7.08. The van der Waals surface area contributed by atoms with Gasteiger partial charge in [-0.1, -0.05) is 36.4 Å². The van der Waals surface area contributed by atoms with Gasteiger partial charge in [-0.25, -0.2) is 0 Å². The minimum Gasteiger partial charge on any atom is -0.504 e. The highest BCUT2D eigenvalue weighted by Gasteiger charge is 2.26. The molecule has 0 atom stereocenters. The molecule has 0 saturated heterocycles. The third-order valence-electron chi connectivity index (χ3n) is 5.23. The Kier molecular flexibility index (Phi) is 3.93. The van der Waals surface area contributed by atoms with Gasteiger partial charge in [0.1, 0.15) is 11.0 Å². The quantitative estimate of drug-likeness (QED) is 0.107. The lowest BCUT2D eigenvalue weighted by Gasteiger charge is -2.11. The number of hydrogen-bond acceptors (Lipinski definition) is 9. The molecular weight excluding hydrogens is 422 g/mol. The van der Waals surface area contributed by atoms with Crippen molar-refractivity contribution < 1.29 is 44.9 Å². The van der Waals surface area contributed by atoms with Crippen LogP contribution in [-0.2, 0) is 0 Å². The summed E-state index contributed by atoms with van der Waals surface area (Å²) in [6.07, 6.45) is 0. The standard InChI is InChI=1S/C22H15NO9/c24-14-11(10-6-5-8-3-1-2-4-9(8)7-10)15(25)21-12(16(14)26)23-13-17(27)18(28)19(29)20(30)22(13)32-31-21/h1-7,23-30H. The van der Waals surface area contributed by atoms with Gasteiger partial charge in [-0.2, -0.15) is 0 Å². The van der Waals surface area contributed by atoms with Gasteiger partial charge in [-0.15, -0.1) is 0 Å². The van der Waals surface area contributed by atoms with Crippen LogP contribution in [0.4, 0.5) is 0 Å². The second kappa shape index (κ2) is 6.57. The van der Waals surface area contributed by atoms with E-state index in [9.17, 15) is 35.7 Å². The van der Waals surface area contributed by atoms with E-state index in [1.165, 1.54) is 0 Å². The Hall–Kier alpha value is -4.86. The van der Waals surface area contributed by atoms with Gasteiger partial charge >= 0.3 is 0 Å². The van der Waals surface area contributed by atoms with Crippen LogP contribution in [0.15, 0.2) is 51.6 Å². The SMILES string of the molecule is Oc1c(O)c(O)c2ooc3c(O)c(-c4ccc5ccccc5c4)c(O)c(O)c3[nH]c2c1O. The number of aromatic nitrogens is 1. The monoisotopic (exact) mass is 437 g/mol. The maximum Gasteiger partial charge on any atom is 0.251 e. The predicted octanol–water partition coefficient (Wildman–Crippen LogP) is 4.39. The Morgan fingerprint density at radius 3 is 1.78 bits per heavy atom. The van der Waals surface area contributed by atoms with Gasteiger partial charge in [0, 0.05) is 0 Å². The molecule has 1 aromatic heterocycles. The van der Waals surface area contributed by atoms with Crippen molar-refractivity contribution in [2.45, 2.75) is 0 Å². The van der Waals surface area contributed by atoms with E-state index in [0.29, 0.717) is 5.56 Å². The lowest BCUT2D eigenvalue weighted by Crippen LogP contribution is -1.87. The molecule has 32 heavy (non-hydrogen) atoms. The molecule has 4 aromatic carbocycles. The van der Waals surface area contributed by atoms with Crippen molar-refractivity contribution in [1.29, 1.82) is 0 Å². The summed E-state index contributed by atoms with van der Waals surface area (Å²) in [7, 11) is 0. The van der Waals surface area contributed by atoms with Crippen LogP contribution >= 0.6 is 0 Å². The van der Waals surface area contributed by atoms with Gasteiger partial charge in [-0.3, -0.25) is 9.15 Å². The summed E-state index contributed by atoms with van der Waals surface area (Å²) in [5, 5.41) is 73.6. The van der Waals surface area contributed by atoms with E-state index in [0.717, 1.165) is 10.8 Å². The first-order chi connectivity index (χ1) is 15.3. The van der Waals surface area contributed by atoms with Gasteiger partial charge in [0.15, 0.2) is 23.0 Å². The molecule has 0 bridgehead atoms. The normalized spacial score (nSPS) is 11.4. The third kappa shape index (κ3) is 2.53. The summed E-state index contributed by atoms with van der Waals surface area (Å²) in [6.45, 7) is 0. The van der Waals surface area contributed by atoms with Crippen molar-refractivity contribution in [2.24, 2.45) is 0 Å². The molecule has 162 valence electrons. The number of aromatic amines is 1. The number of fused-ring (bicyclic) bond motifs is 3. The first-order valence-electron chi connectivity index (χ1n) is 9.21. The minimum absolute atomic E-state index is 0.164. The maximum atomic E-state index is 10.9. The molecule has 5 aromatic rings. The maximum absolute atomic E-state index is 10.9. The molecule has 10 heteroatoms. The Balaban J connectivity index is 1.90. The number of rotatable bonds is 1. The van der Waals surface area contributed by atoms with Crippen molar-refractivity contribution in [3.05, 3.63) is 42.5 Å². The number of aromatic hydroxyl groups is 7. The number of H-pyrrole nitrogens is 1. The Labute approximate surface area is 177 Å². The molecule has 0 saturated carbocycles. The predicted molar refractivity (Wildman–Crippen MR) is 113 cm³/mol. The number of phenols is 7.